The molecule has 2 rings (SSSR count). The monoisotopic (exact) mass is 261 g/mol. The SMILES string of the molecule is COC(C(=O)N1CCCC(C)CC1)c1ccccc1. The van der Waals surface area contributed by atoms with Crippen LogP contribution in [0.5, 0.6) is 0 Å². The highest BCUT2D eigenvalue weighted by molar-refractivity contribution is 5.82. The summed E-state index contributed by atoms with van der Waals surface area (Å²) in [5.74, 6) is 0.818. The van der Waals surface area contributed by atoms with Gasteiger partial charge >= 0.3 is 0 Å². The molecule has 0 aromatic heterocycles. The number of likely N-dealkylation sites (tertiary alicyclic amines) is 1. The van der Waals surface area contributed by atoms with Crippen molar-refractivity contribution < 1.29 is 9.53 Å². The van der Waals surface area contributed by atoms with E-state index in [-0.39, 0.29) is 5.91 Å². The molecule has 0 spiro atoms. The van der Waals surface area contributed by atoms with Crippen LogP contribution in [0.2, 0.25) is 0 Å². The lowest BCUT2D eigenvalue weighted by Crippen LogP contribution is -2.36. The molecular weight excluding hydrogens is 238 g/mol. The van der Waals surface area contributed by atoms with E-state index in [2.05, 4.69) is 6.92 Å². The summed E-state index contributed by atoms with van der Waals surface area (Å²) in [6, 6.07) is 9.74. The van der Waals surface area contributed by atoms with E-state index < -0.39 is 6.10 Å². The minimum atomic E-state index is -0.463. The summed E-state index contributed by atoms with van der Waals surface area (Å²) >= 11 is 0. The minimum absolute atomic E-state index is 0.0998. The first kappa shape index (κ1) is 14.1. The van der Waals surface area contributed by atoms with Crippen molar-refractivity contribution in [3.05, 3.63) is 35.9 Å². The second-order valence-electron chi connectivity index (χ2n) is 5.39. The Morgan fingerprint density at radius 3 is 2.68 bits per heavy atom. The van der Waals surface area contributed by atoms with E-state index in [0.717, 1.165) is 37.4 Å². The first-order valence-corrected chi connectivity index (χ1v) is 7.09. The Bertz CT molecular complexity index is 404. The van der Waals surface area contributed by atoms with Gasteiger partial charge < -0.3 is 9.64 Å². The van der Waals surface area contributed by atoms with Crippen LogP contribution < -0.4 is 0 Å². The topological polar surface area (TPSA) is 29.5 Å². The second-order valence-corrected chi connectivity index (χ2v) is 5.39. The van der Waals surface area contributed by atoms with E-state index in [1.54, 1.807) is 7.11 Å². The molecule has 0 N–H and O–H groups in total. The van der Waals surface area contributed by atoms with Crippen LogP contribution in [0, 0.1) is 5.92 Å². The number of amides is 1. The molecule has 1 aliphatic rings. The number of rotatable bonds is 3. The van der Waals surface area contributed by atoms with Crippen molar-refractivity contribution in [2.24, 2.45) is 5.92 Å². The molecule has 1 saturated heterocycles. The molecule has 104 valence electrons. The summed E-state index contributed by atoms with van der Waals surface area (Å²) in [6.07, 6.45) is 2.94. The van der Waals surface area contributed by atoms with Crippen LogP contribution in [-0.2, 0) is 9.53 Å². The van der Waals surface area contributed by atoms with Gasteiger partial charge in [-0.2, -0.15) is 0 Å². The van der Waals surface area contributed by atoms with Gasteiger partial charge in [0.15, 0.2) is 6.10 Å². The quantitative estimate of drug-likeness (QED) is 0.837. The molecular formula is C16H23NO2. The number of benzene rings is 1. The third-order valence-electron chi connectivity index (χ3n) is 3.89. The highest BCUT2D eigenvalue weighted by atomic mass is 16.5. The van der Waals surface area contributed by atoms with Gasteiger partial charge in [-0.3, -0.25) is 4.79 Å². The Labute approximate surface area is 115 Å². The zero-order valence-corrected chi connectivity index (χ0v) is 11.8. The Kier molecular flexibility index (Phi) is 4.97. The fraction of sp³-hybridized carbons (Fsp3) is 0.562. The van der Waals surface area contributed by atoms with Gasteiger partial charge in [0.05, 0.1) is 0 Å². The Hall–Kier alpha value is -1.35. The summed E-state index contributed by atoms with van der Waals surface area (Å²) in [7, 11) is 1.61. The van der Waals surface area contributed by atoms with E-state index in [1.165, 1.54) is 6.42 Å². The number of ether oxygens (including phenoxy) is 1. The fourth-order valence-electron chi connectivity index (χ4n) is 2.66. The van der Waals surface area contributed by atoms with Gasteiger partial charge in [-0.05, 0) is 30.7 Å². The van der Waals surface area contributed by atoms with Crippen LogP contribution >= 0.6 is 0 Å². The number of hydrogen-bond donors (Lipinski definition) is 0. The van der Waals surface area contributed by atoms with Crippen molar-refractivity contribution in [1.82, 2.24) is 4.90 Å². The first-order chi connectivity index (χ1) is 9.22. The van der Waals surface area contributed by atoms with E-state index in [1.807, 2.05) is 35.2 Å². The van der Waals surface area contributed by atoms with Crippen molar-refractivity contribution in [1.29, 1.82) is 0 Å². The molecule has 19 heavy (non-hydrogen) atoms. The molecule has 1 amide bonds. The summed E-state index contributed by atoms with van der Waals surface area (Å²) in [5, 5.41) is 0. The predicted molar refractivity (Wildman–Crippen MR) is 75.8 cm³/mol. The number of hydrogen-bond acceptors (Lipinski definition) is 2. The van der Waals surface area contributed by atoms with Gasteiger partial charge in [0.1, 0.15) is 0 Å². The largest absolute Gasteiger partial charge is 0.367 e. The molecule has 0 aliphatic carbocycles. The van der Waals surface area contributed by atoms with Crippen LogP contribution in [0.15, 0.2) is 30.3 Å². The zero-order valence-electron chi connectivity index (χ0n) is 11.8. The third-order valence-corrected chi connectivity index (χ3v) is 3.89. The van der Waals surface area contributed by atoms with E-state index in [9.17, 15) is 4.79 Å². The zero-order chi connectivity index (χ0) is 13.7. The second kappa shape index (κ2) is 6.71. The van der Waals surface area contributed by atoms with Crippen molar-refractivity contribution >= 4 is 5.91 Å². The number of carbonyl (C=O) groups excluding carboxylic acids is 1. The normalized spacial score (nSPS) is 21.8. The molecule has 0 bridgehead atoms. The lowest BCUT2D eigenvalue weighted by atomic mass is 10.0. The molecule has 1 aromatic rings. The predicted octanol–water partition coefficient (Wildman–Crippen LogP) is 3.02. The lowest BCUT2D eigenvalue weighted by molar-refractivity contribution is -0.142. The van der Waals surface area contributed by atoms with Gasteiger partial charge in [0, 0.05) is 20.2 Å². The van der Waals surface area contributed by atoms with E-state index in [0.29, 0.717) is 0 Å². The number of methoxy groups -OCH3 is 1. The van der Waals surface area contributed by atoms with Crippen molar-refractivity contribution in [2.75, 3.05) is 20.2 Å². The molecule has 0 saturated carbocycles. The van der Waals surface area contributed by atoms with Gasteiger partial charge in [0.2, 0.25) is 0 Å². The summed E-state index contributed by atoms with van der Waals surface area (Å²) in [5.41, 5.74) is 0.937. The summed E-state index contributed by atoms with van der Waals surface area (Å²) < 4.78 is 5.43. The maximum atomic E-state index is 12.6. The van der Waals surface area contributed by atoms with Crippen LogP contribution in [0.1, 0.15) is 37.9 Å². The Morgan fingerprint density at radius 1 is 1.26 bits per heavy atom. The van der Waals surface area contributed by atoms with E-state index in [4.69, 9.17) is 4.74 Å². The van der Waals surface area contributed by atoms with Crippen molar-refractivity contribution in [3.63, 3.8) is 0 Å². The maximum absolute atomic E-state index is 12.6. The molecule has 2 atom stereocenters. The van der Waals surface area contributed by atoms with Gasteiger partial charge in [-0.1, -0.05) is 37.3 Å². The van der Waals surface area contributed by atoms with Crippen LogP contribution in [0.25, 0.3) is 0 Å². The Morgan fingerprint density at radius 2 is 2.00 bits per heavy atom. The highest BCUT2D eigenvalue weighted by Crippen LogP contribution is 2.23. The minimum Gasteiger partial charge on any atom is -0.367 e. The Balaban J connectivity index is 2.08. The smallest absolute Gasteiger partial charge is 0.256 e. The molecule has 1 aromatic carbocycles. The average Bonchev–Trinajstić information content (AvgIpc) is 2.65. The van der Waals surface area contributed by atoms with Crippen molar-refractivity contribution in [2.45, 2.75) is 32.3 Å². The average molecular weight is 261 g/mol. The van der Waals surface area contributed by atoms with Gasteiger partial charge in [-0.15, -0.1) is 0 Å². The van der Waals surface area contributed by atoms with E-state index >= 15 is 0 Å². The molecule has 1 aliphatic heterocycles. The van der Waals surface area contributed by atoms with Crippen LogP contribution in [0.4, 0.5) is 0 Å². The molecule has 2 unspecified atom stereocenters. The fourth-order valence-corrected chi connectivity index (χ4v) is 2.66. The van der Waals surface area contributed by atoms with Crippen molar-refractivity contribution in [3.8, 4) is 0 Å². The number of carbonyl (C=O) groups is 1. The molecule has 1 heterocycles. The molecule has 3 heteroatoms. The molecule has 0 radical (unpaired) electrons. The molecule has 1 fully saturated rings. The summed E-state index contributed by atoms with van der Waals surface area (Å²) in [6.45, 7) is 3.97. The third kappa shape index (κ3) is 3.57. The van der Waals surface area contributed by atoms with Gasteiger partial charge in [0.25, 0.3) is 5.91 Å². The first-order valence-electron chi connectivity index (χ1n) is 7.09. The standard InChI is InChI=1S/C16H23NO2/c1-13-7-6-11-17(12-10-13)16(18)15(19-2)14-8-4-3-5-9-14/h3-5,8-9,13,15H,6-7,10-12H2,1-2H3. The lowest BCUT2D eigenvalue weighted by Gasteiger charge is -2.25. The van der Waals surface area contributed by atoms with Gasteiger partial charge in [-0.25, -0.2) is 0 Å². The number of nitrogens with zero attached hydrogens (tertiary/aromatic N) is 1. The van der Waals surface area contributed by atoms with Crippen LogP contribution in [-0.4, -0.2) is 31.0 Å². The van der Waals surface area contributed by atoms with Crippen LogP contribution in [0.3, 0.4) is 0 Å². The maximum Gasteiger partial charge on any atom is 0.256 e. The summed E-state index contributed by atoms with van der Waals surface area (Å²) in [4.78, 5) is 14.6. The molecule has 3 nitrogen and oxygen atoms in total. The highest BCUT2D eigenvalue weighted by Gasteiger charge is 2.26.